The number of aromatic carboxylic acids is 1. The predicted octanol–water partition coefficient (Wildman–Crippen LogP) is 2.06. The van der Waals surface area contributed by atoms with Gasteiger partial charge in [-0.05, 0) is 60.6 Å². The summed E-state index contributed by atoms with van der Waals surface area (Å²) < 4.78 is 4.47. The molecular weight excluding hydrogens is 396 g/mol. The molecule has 0 saturated carbocycles. The molecule has 2 aromatic rings. The van der Waals surface area contributed by atoms with Crippen LogP contribution in [0.5, 0.6) is 5.75 Å². The number of halogens is 1. The van der Waals surface area contributed by atoms with E-state index in [1.165, 1.54) is 24.3 Å². The molecular formula is C21H27ClN2O5. The van der Waals surface area contributed by atoms with Gasteiger partial charge in [0, 0.05) is 6.04 Å². The summed E-state index contributed by atoms with van der Waals surface area (Å²) in [6, 6.07) is 11.4. The molecule has 8 heteroatoms. The minimum atomic E-state index is -1.03. The van der Waals surface area contributed by atoms with Gasteiger partial charge in [-0.1, -0.05) is 24.3 Å². The molecule has 0 aromatic heterocycles. The molecule has 0 fully saturated rings. The molecule has 0 saturated heterocycles. The van der Waals surface area contributed by atoms with E-state index in [0.29, 0.717) is 17.4 Å². The molecule has 29 heavy (non-hydrogen) atoms. The first-order valence-electron chi connectivity index (χ1n) is 9.02. The molecule has 158 valence electrons. The molecule has 0 bridgehead atoms. The van der Waals surface area contributed by atoms with Crippen molar-refractivity contribution in [2.45, 2.75) is 37.8 Å². The second-order valence-corrected chi connectivity index (χ2v) is 6.75. The Hall–Kier alpha value is -2.61. The van der Waals surface area contributed by atoms with E-state index >= 15 is 0 Å². The lowest BCUT2D eigenvalue weighted by Gasteiger charge is -2.21. The number of esters is 1. The third-order valence-corrected chi connectivity index (χ3v) is 4.65. The monoisotopic (exact) mass is 422 g/mol. The highest BCUT2D eigenvalue weighted by Gasteiger charge is 2.18. The van der Waals surface area contributed by atoms with Crippen LogP contribution in [0.15, 0.2) is 42.5 Å². The number of carboxylic acids is 1. The number of nitrogens with two attached hydrogens (primary N) is 2. The van der Waals surface area contributed by atoms with Gasteiger partial charge in [0.2, 0.25) is 0 Å². The minimum Gasteiger partial charge on any atom is -0.508 e. The van der Waals surface area contributed by atoms with E-state index in [4.69, 9.17) is 16.6 Å². The molecule has 6 N–H and O–H groups in total. The Morgan fingerprint density at radius 1 is 1.21 bits per heavy atom. The minimum absolute atomic E-state index is 0. The number of fused-ring (bicyclic) bond motifs is 1. The Kier molecular flexibility index (Phi) is 9.61. The van der Waals surface area contributed by atoms with E-state index < -0.39 is 18.0 Å². The van der Waals surface area contributed by atoms with Crippen LogP contribution in [0.2, 0.25) is 0 Å². The number of phenols is 1. The Bertz CT molecular complexity index is 844. The second kappa shape index (κ2) is 11.4. The fourth-order valence-corrected chi connectivity index (χ4v) is 3.15. The van der Waals surface area contributed by atoms with Crippen molar-refractivity contribution in [3.05, 3.63) is 64.7 Å². The summed E-state index contributed by atoms with van der Waals surface area (Å²) in [6.45, 7) is 0. The van der Waals surface area contributed by atoms with Gasteiger partial charge in [-0.2, -0.15) is 0 Å². The zero-order valence-electron chi connectivity index (χ0n) is 16.2. The third-order valence-electron chi connectivity index (χ3n) is 4.65. The van der Waals surface area contributed by atoms with E-state index in [2.05, 4.69) is 4.74 Å². The van der Waals surface area contributed by atoms with Crippen molar-refractivity contribution in [1.29, 1.82) is 0 Å². The average Bonchev–Trinajstić information content (AvgIpc) is 2.68. The number of rotatable bonds is 4. The molecule has 0 aliphatic heterocycles. The molecule has 1 aliphatic rings. The Balaban J connectivity index is 0.000000289. The van der Waals surface area contributed by atoms with E-state index in [-0.39, 0.29) is 24.4 Å². The van der Waals surface area contributed by atoms with E-state index in [9.17, 15) is 14.7 Å². The van der Waals surface area contributed by atoms with Crippen molar-refractivity contribution < 1.29 is 24.5 Å². The van der Waals surface area contributed by atoms with Crippen LogP contribution in [-0.4, -0.2) is 41.3 Å². The predicted molar refractivity (Wildman–Crippen MR) is 112 cm³/mol. The van der Waals surface area contributed by atoms with Crippen LogP contribution in [0, 0.1) is 0 Å². The van der Waals surface area contributed by atoms with Gasteiger partial charge in [0.05, 0.1) is 12.7 Å². The molecule has 7 nitrogen and oxygen atoms in total. The van der Waals surface area contributed by atoms with E-state index in [1.807, 2.05) is 12.1 Å². The standard InChI is InChI=1S/C11H13NO4.C10H13NO.ClH/c1-16-11(15)9(12)6-7-4-2-3-5-8(7)10(13)14;11-9-3-1-8-6-10(12)4-2-7(8)5-9;/h2-5,9H,6,12H2,1H3,(H,13,14);2,4,6,9,12H,1,3,5,11H2;1H/t9-;;/m0../s1. The van der Waals surface area contributed by atoms with Crippen LogP contribution in [-0.2, 0) is 28.8 Å². The van der Waals surface area contributed by atoms with Crippen molar-refractivity contribution >= 4 is 24.3 Å². The van der Waals surface area contributed by atoms with Crippen molar-refractivity contribution in [3.8, 4) is 5.75 Å². The SMILES string of the molecule is COC(=O)[C@@H](N)Cc1ccccc1C(=O)O.Cl.NC1CCc2cc(O)ccc2C1. The molecule has 0 heterocycles. The van der Waals surface area contributed by atoms with Crippen LogP contribution < -0.4 is 11.5 Å². The van der Waals surface area contributed by atoms with Gasteiger partial charge in [-0.15, -0.1) is 12.4 Å². The lowest BCUT2D eigenvalue weighted by atomic mass is 9.89. The Labute approximate surface area is 176 Å². The summed E-state index contributed by atoms with van der Waals surface area (Å²) in [7, 11) is 1.24. The molecule has 0 radical (unpaired) electrons. The zero-order chi connectivity index (χ0) is 20.7. The highest BCUT2D eigenvalue weighted by Crippen LogP contribution is 2.24. The van der Waals surface area contributed by atoms with Crippen molar-refractivity contribution in [3.63, 3.8) is 0 Å². The molecule has 1 unspecified atom stereocenters. The first-order valence-corrected chi connectivity index (χ1v) is 9.02. The quantitative estimate of drug-likeness (QED) is 0.553. The number of phenolic OH excluding ortho intramolecular Hbond substituents is 1. The summed E-state index contributed by atoms with van der Waals surface area (Å²) in [5, 5.41) is 18.1. The van der Waals surface area contributed by atoms with Crippen LogP contribution in [0.25, 0.3) is 0 Å². The largest absolute Gasteiger partial charge is 0.508 e. The number of hydrogen-bond acceptors (Lipinski definition) is 6. The van der Waals surface area contributed by atoms with Crippen LogP contribution in [0.4, 0.5) is 0 Å². The van der Waals surface area contributed by atoms with Gasteiger partial charge in [0.15, 0.2) is 0 Å². The van der Waals surface area contributed by atoms with Gasteiger partial charge in [-0.25, -0.2) is 4.79 Å². The molecule has 0 spiro atoms. The number of ether oxygens (including phenoxy) is 1. The lowest BCUT2D eigenvalue weighted by Crippen LogP contribution is -2.34. The van der Waals surface area contributed by atoms with Gasteiger partial charge >= 0.3 is 11.9 Å². The lowest BCUT2D eigenvalue weighted by molar-refractivity contribution is -0.142. The average molecular weight is 423 g/mol. The van der Waals surface area contributed by atoms with Crippen molar-refractivity contribution in [2.24, 2.45) is 11.5 Å². The Morgan fingerprint density at radius 3 is 2.55 bits per heavy atom. The highest BCUT2D eigenvalue weighted by atomic mass is 35.5. The zero-order valence-corrected chi connectivity index (χ0v) is 17.0. The maximum Gasteiger partial charge on any atom is 0.335 e. The smallest absolute Gasteiger partial charge is 0.335 e. The number of benzene rings is 2. The van der Waals surface area contributed by atoms with Gasteiger partial charge < -0.3 is 26.4 Å². The third kappa shape index (κ3) is 7.05. The fourth-order valence-electron chi connectivity index (χ4n) is 3.15. The molecule has 1 aliphatic carbocycles. The van der Waals surface area contributed by atoms with E-state index in [1.54, 1.807) is 24.3 Å². The molecule has 2 aromatic carbocycles. The van der Waals surface area contributed by atoms with Crippen molar-refractivity contribution in [2.75, 3.05) is 7.11 Å². The Morgan fingerprint density at radius 2 is 1.90 bits per heavy atom. The van der Waals surface area contributed by atoms with Crippen LogP contribution in [0.3, 0.4) is 0 Å². The maximum atomic E-state index is 11.1. The summed E-state index contributed by atoms with van der Waals surface area (Å²) in [5.41, 5.74) is 14.6. The number of carboxylic acid groups (broad SMARTS) is 1. The summed E-state index contributed by atoms with van der Waals surface area (Å²) in [4.78, 5) is 22.0. The molecule has 3 rings (SSSR count). The summed E-state index contributed by atoms with van der Waals surface area (Å²) >= 11 is 0. The van der Waals surface area contributed by atoms with E-state index in [0.717, 1.165) is 19.3 Å². The number of methoxy groups -OCH3 is 1. The second-order valence-electron chi connectivity index (χ2n) is 6.75. The first kappa shape index (κ1) is 24.4. The number of carbonyl (C=O) groups is 2. The maximum absolute atomic E-state index is 11.1. The number of aryl methyl sites for hydroxylation is 1. The highest BCUT2D eigenvalue weighted by molar-refractivity contribution is 5.89. The van der Waals surface area contributed by atoms with Crippen LogP contribution in [0.1, 0.15) is 33.5 Å². The van der Waals surface area contributed by atoms with Crippen LogP contribution >= 0.6 is 12.4 Å². The van der Waals surface area contributed by atoms with Gasteiger partial charge in [0.25, 0.3) is 0 Å². The van der Waals surface area contributed by atoms with Gasteiger partial charge in [-0.3, -0.25) is 4.79 Å². The summed E-state index contributed by atoms with van der Waals surface area (Å²) in [6.07, 6.45) is 3.14. The molecule has 0 amide bonds. The normalized spacial score (nSPS) is 15.6. The number of carbonyl (C=O) groups excluding carboxylic acids is 1. The van der Waals surface area contributed by atoms with Gasteiger partial charge in [0.1, 0.15) is 11.8 Å². The topological polar surface area (TPSA) is 136 Å². The molecule has 2 atom stereocenters. The number of hydrogen-bond donors (Lipinski definition) is 4. The fraction of sp³-hybridized carbons (Fsp3) is 0.333. The first-order chi connectivity index (χ1) is 13.3. The van der Waals surface area contributed by atoms with Crippen molar-refractivity contribution in [1.82, 2.24) is 0 Å². The summed E-state index contributed by atoms with van der Waals surface area (Å²) in [5.74, 6) is -1.22. The number of aromatic hydroxyl groups is 1.